The highest BCUT2D eigenvalue weighted by Gasteiger charge is 2.09. The van der Waals surface area contributed by atoms with E-state index in [0.717, 1.165) is 11.1 Å². The van der Waals surface area contributed by atoms with E-state index in [0.29, 0.717) is 12.3 Å². The molecule has 25 heavy (non-hydrogen) atoms. The number of benzene rings is 2. The Balaban J connectivity index is 1.61. The molecule has 0 fully saturated rings. The van der Waals surface area contributed by atoms with E-state index in [1.54, 1.807) is 6.07 Å². The summed E-state index contributed by atoms with van der Waals surface area (Å²) in [6.07, 6.45) is -0.806. The summed E-state index contributed by atoms with van der Waals surface area (Å²) < 4.78 is 6.79. The van der Waals surface area contributed by atoms with Gasteiger partial charge in [-0.05, 0) is 11.6 Å². The molecule has 128 valence electrons. The van der Waals surface area contributed by atoms with Gasteiger partial charge in [0.25, 0.3) is 5.56 Å². The van der Waals surface area contributed by atoms with E-state index in [1.807, 2.05) is 60.7 Å². The first-order valence-corrected chi connectivity index (χ1v) is 8.16. The Morgan fingerprint density at radius 3 is 2.36 bits per heavy atom. The zero-order valence-electron chi connectivity index (χ0n) is 13.8. The van der Waals surface area contributed by atoms with Gasteiger partial charge in [0.05, 0.1) is 31.6 Å². The van der Waals surface area contributed by atoms with Crippen LogP contribution in [0.25, 0.3) is 11.3 Å². The van der Waals surface area contributed by atoms with Gasteiger partial charge in [-0.2, -0.15) is 5.10 Å². The van der Waals surface area contributed by atoms with Gasteiger partial charge in [-0.3, -0.25) is 4.79 Å². The van der Waals surface area contributed by atoms with Gasteiger partial charge < -0.3 is 9.84 Å². The smallest absolute Gasteiger partial charge is 0.266 e. The number of rotatable bonds is 7. The Kier molecular flexibility index (Phi) is 5.72. The summed E-state index contributed by atoms with van der Waals surface area (Å²) >= 11 is 0. The Morgan fingerprint density at radius 1 is 0.960 bits per heavy atom. The third kappa shape index (κ3) is 4.86. The van der Waals surface area contributed by atoms with Crippen molar-refractivity contribution in [3.05, 3.63) is 88.7 Å². The molecule has 0 aliphatic heterocycles. The summed E-state index contributed by atoms with van der Waals surface area (Å²) in [6.45, 7) is 0.650. The lowest BCUT2D eigenvalue weighted by Crippen LogP contribution is -2.30. The second-order valence-electron chi connectivity index (χ2n) is 5.76. The van der Waals surface area contributed by atoms with E-state index < -0.39 is 6.10 Å². The van der Waals surface area contributed by atoms with Crippen LogP contribution in [0.1, 0.15) is 5.56 Å². The fourth-order valence-electron chi connectivity index (χ4n) is 2.48. The van der Waals surface area contributed by atoms with Gasteiger partial charge >= 0.3 is 0 Å². The van der Waals surface area contributed by atoms with Crippen LogP contribution in [0, 0.1) is 0 Å². The maximum atomic E-state index is 12.0. The molecule has 1 heterocycles. The quantitative estimate of drug-likeness (QED) is 0.720. The van der Waals surface area contributed by atoms with Crippen LogP contribution in [0.2, 0.25) is 0 Å². The monoisotopic (exact) mass is 336 g/mol. The molecule has 0 saturated heterocycles. The van der Waals surface area contributed by atoms with Crippen molar-refractivity contribution in [2.75, 3.05) is 6.61 Å². The summed E-state index contributed by atoms with van der Waals surface area (Å²) in [7, 11) is 0. The first kappa shape index (κ1) is 17.1. The highest BCUT2D eigenvalue weighted by molar-refractivity contribution is 5.57. The minimum absolute atomic E-state index is 0.0916. The van der Waals surface area contributed by atoms with Gasteiger partial charge in [-0.25, -0.2) is 4.68 Å². The number of aliphatic hydroxyl groups is 1. The highest BCUT2D eigenvalue weighted by Crippen LogP contribution is 2.14. The molecule has 0 saturated carbocycles. The van der Waals surface area contributed by atoms with E-state index in [2.05, 4.69) is 5.10 Å². The Morgan fingerprint density at radius 2 is 1.64 bits per heavy atom. The molecular formula is C20H20N2O3. The molecule has 2 aromatic carbocycles. The molecule has 0 aliphatic rings. The fraction of sp³-hybridized carbons (Fsp3) is 0.200. The molecule has 0 spiro atoms. The molecule has 1 N–H and O–H groups in total. The van der Waals surface area contributed by atoms with E-state index >= 15 is 0 Å². The molecule has 0 aliphatic carbocycles. The maximum Gasteiger partial charge on any atom is 0.266 e. The predicted molar refractivity (Wildman–Crippen MR) is 96.0 cm³/mol. The van der Waals surface area contributed by atoms with E-state index in [1.165, 1.54) is 10.7 Å². The van der Waals surface area contributed by atoms with Crippen LogP contribution < -0.4 is 5.56 Å². The van der Waals surface area contributed by atoms with Gasteiger partial charge in [0.15, 0.2) is 0 Å². The Hall–Kier alpha value is -2.76. The van der Waals surface area contributed by atoms with Gasteiger partial charge in [-0.1, -0.05) is 60.7 Å². The zero-order valence-corrected chi connectivity index (χ0v) is 13.8. The number of hydrogen-bond acceptors (Lipinski definition) is 4. The Labute approximate surface area is 146 Å². The molecule has 1 unspecified atom stereocenters. The fourth-order valence-corrected chi connectivity index (χ4v) is 2.48. The lowest BCUT2D eigenvalue weighted by atomic mass is 10.1. The molecule has 5 heteroatoms. The summed E-state index contributed by atoms with van der Waals surface area (Å²) in [5.41, 5.74) is 2.40. The van der Waals surface area contributed by atoms with Gasteiger partial charge in [0, 0.05) is 11.6 Å². The lowest BCUT2D eigenvalue weighted by Gasteiger charge is -2.13. The van der Waals surface area contributed by atoms with Crippen LogP contribution in [0.5, 0.6) is 0 Å². The van der Waals surface area contributed by atoms with Crippen molar-refractivity contribution < 1.29 is 9.84 Å². The molecular weight excluding hydrogens is 316 g/mol. The molecule has 3 aromatic rings. The van der Waals surface area contributed by atoms with Crippen LogP contribution >= 0.6 is 0 Å². The molecule has 5 nitrogen and oxygen atoms in total. The van der Waals surface area contributed by atoms with Crippen molar-refractivity contribution in [3.63, 3.8) is 0 Å². The first-order valence-electron chi connectivity index (χ1n) is 8.16. The van der Waals surface area contributed by atoms with Crippen LogP contribution in [0.15, 0.2) is 77.6 Å². The summed E-state index contributed by atoms with van der Waals surface area (Å²) in [5, 5.41) is 14.5. The summed E-state index contributed by atoms with van der Waals surface area (Å²) in [6, 6.07) is 22.5. The molecule has 0 amide bonds. The predicted octanol–water partition coefficient (Wildman–Crippen LogP) is 2.49. The van der Waals surface area contributed by atoms with E-state index in [9.17, 15) is 9.90 Å². The van der Waals surface area contributed by atoms with Crippen LogP contribution in [-0.4, -0.2) is 27.6 Å². The number of hydrogen-bond donors (Lipinski definition) is 1. The molecule has 1 aromatic heterocycles. The van der Waals surface area contributed by atoms with Crippen LogP contribution in [0.3, 0.4) is 0 Å². The zero-order chi connectivity index (χ0) is 17.5. The van der Waals surface area contributed by atoms with Gasteiger partial charge in [-0.15, -0.1) is 0 Å². The number of aromatic nitrogens is 2. The lowest BCUT2D eigenvalue weighted by molar-refractivity contribution is 0.0180. The highest BCUT2D eigenvalue weighted by atomic mass is 16.5. The summed E-state index contributed by atoms with van der Waals surface area (Å²) in [5.74, 6) is 0. The van der Waals surface area contributed by atoms with Crippen molar-refractivity contribution in [1.82, 2.24) is 9.78 Å². The summed E-state index contributed by atoms with van der Waals surface area (Å²) in [4.78, 5) is 12.0. The number of nitrogens with zero attached hydrogens (tertiary/aromatic N) is 2. The number of aliphatic hydroxyl groups excluding tert-OH is 1. The first-order chi connectivity index (χ1) is 12.2. The second kappa shape index (κ2) is 8.37. The minimum Gasteiger partial charge on any atom is -0.389 e. The molecule has 0 radical (unpaired) electrons. The molecule has 1 atom stereocenters. The van der Waals surface area contributed by atoms with E-state index in [4.69, 9.17) is 4.74 Å². The van der Waals surface area contributed by atoms with E-state index in [-0.39, 0.29) is 18.7 Å². The van der Waals surface area contributed by atoms with Crippen molar-refractivity contribution in [2.45, 2.75) is 19.3 Å². The average molecular weight is 336 g/mol. The van der Waals surface area contributed by atoms with Gasteiger partial charge in [0.2, 0.25) is 0 Å². The van der Waals surface area contributed by atoms with Crippen molar-refractivity contribution >= 4 is 0 Å². The third-order valence-corrected chi connectivity index (χ3v) is 3.74. The van der Waals surface area contributed by atoms with Crippen LogP contribution in [-0.2, 0) is 17.9 Å². The van der Waals surface area contributed by atoms with Crippen molar-refractivity contribution in [3.8, 4) is 11.3 Å². The third-order valence-electron chi connectivity index (χ3n) is 3.74. The number of ether oxygens (including phenoxy) is 1. The topological polar surface area (TPSA) is 64.4 Å². The normalized spacial score (nSPS) is 12.0. The van der Waals surface area contributed by atoms with Crippen LogP contribution in [0.4, 0.5) is 0 Å². The van der Waals surface area contributed by atoms with Gasteiger partial charge in [0.1, 0.15) is 0 Å². The van der Waals surface area contributed by atoms with Crippen molar-refractivity contribution in [2.24, 2.45) is 0 Å². The largest absolute Gasteiger partial charge is 0.389 e. The average Bonchev–Trinajstić information content (AvgIpc) is 2.65. The molecule has 3 rings (SSSR count). The second-order valence-corrected chi connectivity index (χ2v) is 5.76. The van der Waals surface area contributed by atoms with Crippen molar-refractivity contribution in [1.29, 1.82) is 0 Å². The molecule has 0 bridgehead atoms. The minimum atomic E-state index is -0.806. The SMILES string of the molecule is O=c1ccc(-c2ccccc2)nn1CC(O)COCc1ccccc1. The standard InChI is InChI=1S/C20H20N2O3/c23-18(15-25-14-16-7-3-1-4-8-16)13-22-20(24)12-11-19(21-22)17-9-5-2-6-10-17/h1-12,18,23H,13-15H2. The maximum absolute atomic E-state index is 12.0. The Bertz CT molecular complexity index is 848.